The Morgan fingerprint density at radius 1 is 1.11 bits per heavy atom. The highest BCUT2D eigenvalue weighted by molar-refractivity contribution is 5.92. The van der Waals surface area contributed by atoms with Crippen LogP contribution in [0.2, 0.25) is 0 Å². The van der Waals surface area contributed by atoms with Gasteiger partial charge in [0, 0.05) is 67.8 Å². The van der Waals surface area contributed by atoms with Crippen LogP contribution in [-0.2, 0) is 7.05 Å². The van der Waals surface area contributed by atoms with E-state index in [2.05, 4.69) is 39.0 Å². The zero-order valence-electron chi connectivity index (χ0n) is 19.9. The maximum Gasteiger partial charge on any atom is 0.167 e. The summed E-state index contributed by atoms with van der Waals surface area (Å²) in [4.78, 5) is 12.1. The molecule has 0 amide bonds. The van der Waals surface area contributed by atoms with Gasteiger partial charge in [0.1, 0.15) is 17.2 Å². The highest BCUT2D eigenvalue weighted by atomic mass is 19.1. The Bertz CT molecular complexity index is 1550. The minimum Gasteiger partial charge on any atom is -0.386 e. The van der Waals surface area contributed by atoms with Crippen molar-refractivity contribution in [3.63, 3.8) is 0 Å². The molecule has 0 aliphatic carbocycles. The lowest BCUT2D eigenvalue weighted by Gasteiger charge is -2.32. The molecule has 1 fully saturated rings. The quantitative estimate of drug-likeness (QED) is 0.399. The van der Waals surface area contributed by atoms with Crippen LogP contribution in [0.1, 0.15) is 12.8 Å². The van der Waals surface area contributed by atoms with E-state index in [1.54, 1.807) is 13.1 Å². The summed E-state index contributed by atoms with van der Waals surface area (Å²) in [6.07, 6.45) is 5.94. The van der Waals surface area contributed by atoms with E-state index < -0.39 is 0 Å². The van der Waals surface area contributed by atoms with Gasteiger partial charge in [-0.1, -0.05) is 0 Å². The Hall–Kier alpha value is -3.91. The van der Waals surface area contributed by atoms with Gasteiger partial charge in [-0.2, -0.15) is 0 Å². The molecule has 3 aromatic heterocycles. The predicted octanol–water partition coefficient (Wildman–Crippen LogP) is 4.69. The summed E-state index contributed by atoms with van der Waals surface area (Å²) in [5.41, 5.74) is 12.0. The maximum atomic E-state index is 14.8. The number of hydrogen-bond acceptors (Lipinski definition) is 5. The number of pyridine rings is 1. The summed E-state index contributed by atoms with van der Waals surface area (Å²) in [5.74, 6) is 0.329. The minimum atomic E-state index is -0.322. The average molecular weight is 470 g/mol. The molecule has 1 atom stereocenters. The number of halogens is 1. The molecule has 0 saturated carbocycles. The van der Waals surface area contributed by atoms with E-state index in [1.807, 2.05) is 36.1 Å². The monoisotopic (exact) mass is 469 g/mol. The first kappa shape index (κ1) is 21.6. The fourth-order valence-electron chi connectivity index (χ4n) is 5.15. The molecular weight excluding hydrogens is 441 g/mol. The summed E-state index contributed by atoms with van der Waals surface area (Å²) < 4.78 is 18.9. The van der Waals surface area contributed by atoms with Crippen molar-refractivity contribution in [2.75, 3.05) is 30.4 Å². The molecule has 0 radical (unpaired) electrons. The Morgan fingerprint density at radius 2 is 2.00 bits per heavy atom. The molecule has 6 rings (SSSR count). The normalized spacial score (nSPS) is 16.3. The molecule has 5 aromatic rings. The highest BCUT2D eigenvalue weighted by Crippen LogP contribution is 2.35. The van der Waals surface area contributed by atoms with Gasteiger partial charge >= 0.3 is 0 Å². The van der Waals surface area contributed by atoms with Crippen molar-refractivity contribution in [3.05, 3.63) is 66.7 Å². The van der Waals surface area contributed by atoms with Crippen LogP contribution in [0, 0.1) is 5.82 Å². The summed E-state index contributed by atoms with van der Waals surface area (Å²) in [6, 6.07) is 15.7. The second-order valence-corrected chi connectivity index (χ2v) is 9.24. The SMILES string of the molecule is CNc1ccc(-c2nc3c(N4CCC[C@@H](N)C4)ccnc3n2-c2ccc3c(ccn3C)c2)cc1F. The van der Waals surface area contributed by atoms with Crippen LogP contribution in [0.25, 0.3) is 39.1 Å². The van der Waals surface area contributed by atoms with E-state index in [4.69, 9.17) is 15.7 Å². The van der Waals surface area contributed by atoms with Crippen LogP contribution in [0.5, 0.6) is 0 Å². The number of imidazole rings is 1. The van der Waals surface area contributed by atoms with Crippen LogP contribution >= 0.6 is 0 Å². The third-order valence-corrected chi connectivity index (χ3v) is 6.95. The number of aromatic nitrogens is 4. The third kappa shape index (κ3) is 3.61. The van der Waals surface area contributed by atoms with Crippen molar-refractivity contribution in [1.29, 1.82) is 0 Å². The molecule has 0 spiro atoms. The topological polar surface area (TPSA) is 76.9 Å². The number of rotatable bonds is 4. The molecule has 1 aliphatic rings. The van der Waals surface area contributed by atoms with Crippen molar-refractivity contribution in [3.8, 4) is 17.1 Å². The second kappa shape index (κ2) is 8.39. The fourth-order valence-corrected chi connectivity index (χ4v) is 5.15. The van der Waals surface area contributed by atoms with E-state index in [1.165, 1.54) is 6.07 Å². The molecule has 1 saturated heterocycles. The smallest absolute Gasteiger partial charge is 0.167 e. The van der Waals surface area contributed by atoms with E-state index in [0.29, 0.717) is 17.1 Å². The van der Waals surface area contributed by atoms with Gasteiger partial charge in [0.2, 0.25) is 0 Å². The van der Waals surface area contributed by atoms with Crippen molar-refractivity contribution in [1.82, 2.24) is 19.1 Å². The number of piperidine rings is 1. The van der Waals surface area contributed by atoms with Crippen molar-refractivity contribution in [2.45, 2.75) is 18.9 Å². The molecule has 2 aromatic carbocycles. The number of nitrogens with zero attached hydrogens (tertiary/aromatic N) is 5. The third-order valence-electron chi connectivity index (χ3n) is 6.95. The van der Waals surface area contributed by atoms with Gasteiger partial charge in [-0.15, -0.1) is 0 Å². The molecule has 0 bridgehead atoms. The van der Waals surface area contributed by atoms with Crippen LogP contribution in [0.15, 0.2) is 60.9 Å². The standard InChI is InChI=1S/C27H28FN7/c1-30-22-7-5-18(15-21(22)28)26-32-25-24(34-12-3-4-19(29)16-34)9-11-31-27(25)35(26)20-6-8-23-17(14-20)10-13-33(23)2/h5-11,13-15,19,30H,3-4,12,16,29H2,1-2H3/t19-/m1/s1. The number of anilines is 2. The van der Waals surface area contributed by atoms with Gasteiger partial charge in [-0.3, -0.25) is 4.57 Å². The number of nitrogens with two attached hydrogens (primary N) is 1. The van der Waals surface area contributed by atoms with E-state index in [-0.39, 0.29) is 11.9 Å². The molecule has 7 nitrogen and oxygen atoms in total. The lowest BCUT2D eigenvalue weighted by Crippen LogP contribution is -2.42. The van der Waals surface area contributed by atoms with E-state index in [0.717, 1.165) is 59.4 Å². The lowest BCUT2D eigenvalue weighted by molar-refractivity contribution is 0.507. The van der Waals surface area contributed by atoms with Gasteiger partial charge in [0.05, 0.1) is 11.4 Å². The van der Waals surface area contributed by atoms with Gasteiger partial charge in [-0.25, -0.2) is 14.4 Å². The molecule has 4 heterocycles. The number of benzene rings is 2. The Morgan fingerprint density at radius 3 is 2.80 bits per heavy atom. The molecule has 35 heavy (non-hydrogen) atoms. The first-order valence-electron chi connectivity index (χ1n) is 11.9. The Kier molecular flexibility index (Phi) is 5.18. The molecule has 8 heteroatoms. The predicted molar refractivity (Wildman–Crippen MR) is 140 cm³/mol. The van der Waals surface area contributed by atoms with Gasteiger partial charge in [0.25, 0.3) is 0 Å². The molecule has 0 unspecified atom stereocenters. The summed E-state index contributed by atoms with van der Waals surface area (Å²) >= 11 is 0. The summed E-state index contributed by atoms with van der Waals surface area (Å²) in [5, 5.41) is 4.01. The largest absolute Gasteiger partial charge is 0.386 e. The molecular formula is C27H28FN7. The van der Waals surface area contributed by atoms with Crippen molar-refractivity contribution < 1.29 is 4.39 Å². The summed E-state index contributed by atoms with van der Waals surface area (Å²) in [7, 11) is 3.74. The van der Waals surface area contributed by atoms with Crippen LogP contribution in [0.3, 0.4) is 0 Å². The zero-order chi connectivity index (χ0) is 24.1. The second-order valence-electron chi connectivity index (χ2n) is 9.24. The molecule has 178 valence electrons. The highest BCUT2D eigenvalue weighted by Gasteiger charge is 2.24. The lowest BCUT2D eigenvalue weighted by atomic mass is 10.1. The van der Waals surface area contributed by atoms with Crippen molar-refractivity contribution >= 4 is 33.4 Å². The van der Waals surface area contributed by atoms with Crippen molar-refractivity contribution in [2.24, 2.45) is 12.8 Å². The minimum absolute atomic E-state index is 0.136. The average Bonchev–Trinajstić information content (AvgIpc) is 3.44. The van der Waals surface area contributed by atoms with Gasteiger partial charge in [0.15, 0.2) is 5.65 Å². The zero-order valence-corrected chi connectivity index (χ0v) is 19.9. The number of hydrogen-bond donors (Lipinski definition) is 2. The van der Waals surface area contributed by atoms with Gasteiger partial charge in [-0.05, 0) is 61.4 Å². The molecule has 1 aliphatic heterocycles. The van der Waals surface area contributed by atoms with Gasteiger partial charge < -0.3 is 20.5 Å². The first-order chi connectivity index (χ1) is 17.0. The van der Waals surface area contributed by atoms with Crippen LogP contribution in [-0.4, -0.2) is 45.3 Å². The van der Waals surface area contributed by atoms with Crippen LogP contribution in [0.4, 0.5) is 15.8 Å². The molecule has 3 N–H and O–H groups in total. The number of nitrogens with one attached hydrogen (secondary N) is 1. The Balaban J connectivity index is 1.60. The maximum absolute atomic E-state index is 14.8. The fraction of sp³-hybridized carbons (Fsp3) is 0.259. The number of aryl methyl sites for hydroxylation is 1. The summed E-state index contributed by atoms with van der Waals surface area (Å²) in [6.45, 7) is 1.71. The van der Waals surface area contributed by atoms with E-state index >= 15 is 0 Å². The Labute approximate surface area is 203 Å². The number of fused-ring (bicyclic) bond motifs is 2. The first-order valence-corrected chi connectivity index (χ1v) is 11.9. The van der Waals surface area contributed by atoms with Crippen LogP contribution < -0.4 is 16.0 Å². The van der Waals surface area contributed by atoms with E-state index in [9.17, 15) is 4.39 Å².